The number of hydrogen-bond acceptors (Lipinski definition) is 7. The van der Waals surface area contributed by atoms with Gasteiger partial charge >= 0.3 is 0 Å². The quantitative estimate of drug-likeness (QED) is 0.642. The molecule has 0 bridgehead atoms. The van der Waals surface area contributed by atoms with Crippen LogP contribution >= 0.6 is 0 Å². The highest BCUT2D eigenvalue weighted by molar-refractivity contribution is 5.99. The number of fused-ring (bicyclic) bond motifs is 1. The topological polar surface area (TPSA) is 122 Å². The Morgan fingerprint density at radius 2 is 2.00 bits per heavy atom. The van der Waals surface area contributed by atoms with Crippen molar-refractivity contribution in [2.24, 2.45) is 5.92 Å². The minimum absolute atomic E-state index is 0.0314. The van der Waals surface area contributed by atoms with Gasteiger partial charge in [-0.3, -0.25) is 9.59 Å². The molecule has 1 aliphatic carbocycles. The Labute approximate surface area is 148 Å². The van der Waals surface area contributed by atoms with E-state index in [1.165, 1.54) is 13.1 Å². The number of benzene rings is 1. The van der Waals surface area contributed by atoms with Crippen LogP contribution in [0.3, 0.4) is 0 Å². The first kappa shape index (κ1) is 16.0. The van der Waals surface area contributed by atoms with Crippen LogP contribution in [0.25, 0.3) is 11.1 Å². The molecule has 9 heteroatoms. The van der Waals surface area contributed by atoms with E-state index in [0.717, 1.165) is 12.8 Å². The number of oxazole rings is 1. The van der Waals surface area contributed by atoms with Crippen molar-refractivity contribution in [2.45, 2.75) is 12.8 Å². The number of aromatic nitrogens is 3. The van der Waals surface area contributed by atoms with Crippen LogP contribution in [-0.4, -0.2) is 34.0 Å². The summed E-state index contributed by atoms with van der Waals surface area (Å²) in [5, 5.41) is 16.0. The molecule has 3 aromatic rings. The second-order valence-corrected chi connectivity index (χ2v) is 5.95. The van der Waals surface area contributed by atoms with E-state index >= 15 is 0 Å². The fourth-order valence-corrected chi connectivity index (χ4v) is 2.45. The van der Waals surface area contributed by atoms with Crippen LogP contribution in [0, 0.1) is 5.92 Å². The predicted molar refractivity (Wildman–Crippen MR) is 94.1 cm³/mol. The number of carbonyl (C=O) groups is 2. The van der Waals surface area contributed by atoms with Gasteiger partial charge in [-0.05, 0) is 25.0 Å². The molecule has 0 aliphatic heterocycles. The average Bonchev–Trinajstić information content (AvgIpc) is 3.42. The van der Waals surface area contributed by atoms with E-state index in [1.54, 1.807) is 6.07 Å². The maximum atomic E-state index is 12.1. The van der Waals surface area contributed by atoms with Gasteiger partial charge < -0.3 is 20.4 Å². The Kier molecular flexibility index (Phi) is 3.96. The number of anilines is 3. The summed E-state index contributed by atoms with van der Waals surface area (Å²) in [6.45, 7) is 0. The first-order valence-electron chi connectivity index (χ1n) is 8.17. The highest BCUT2D eigenvalue weighted by atomic mass is 16.4. The maximum absolute atomic E-state index is 12.1. The van der Waals surface area contributed by atoms with E-state index in [2.05, 4.69) is 31.1 Å². The van der Waals surface area contributed by atoms with Crippen LogP contribution in [-0.2, 0) is 4.79 Å². The van der Waals surface area contributed by atoms with E-state index < -0.39 is 5.91 Å². The van der Waals surface area contributed by atoms with Gasteiger partial charge in [0.1, 0.15) is 5.52 Å². The number of nitrogens with one attached hydrogen (secondary N) is 3. The van der Waals surface area contributed by atoms with Crippen molar-refractivity contribution in [2.75, 3.05) is 17.7 Å². The fraction of sp³-hybridized carbons (Fsp3) is 0.235. The Bertz CT molecular complexity index is 962. The van der Waals surface area contributed by atoms with Crippen LogP contribution in [0.15, 0.2) is 34.7 Å². The summed E-state index contributed by atoms with van der Waals surface area (Å²) in [5.74, 6) is -0.229. The fourth-order valence-electron chi connectivity index (χ4n) is 2.45. The lowest BCUT2D eigenvalue weighted by atomic mass is 10.3. The maximum Gasteiger partial charge on any atom is 0.300 e. The van der Waals surface area contributed by atoms with Gasteiger partial charge in [-0.15, -0.1) is 10.2 Å². The highest BCUT2D eigenvalue weighted by Crippen LogP contribution is 2.30. The number of amides is 2. The molecule has 1 aromatic carbocycles. The van der Waals surface area contributed by atoms with Crippen LogP contribution < -0.4 is 16.0 Å². The van der Waals surface area contributed by atoms with E-state index in [-0.39, 0.29) is 29.4 Å². The van der Waals surface area contributed by atoms with E-state index in [9.17, 15) is 9.59 Å². The minimum Gasteiger partial charge on any atom is -0.423 e. The largest absolute Gasteiger partial charge is 0.423 e. The molecule has 1 saturated carbocycles. The van der Waals surface area contributed by atoms with Crippen molar-refractivity contribution in [1.29, 1.82) is 0 Å². The Morgan fingerprint density at radius 1 is 1.19 bits per heavy atom. The number of rotatable bonds is 5. The molecular weight excluding hydrogens is 336 g/mol. The third-order valence-corrected chi connectivity index (χ3v) is 3.97. The van der Waals surface area contributed by atoms with Gasteiger partial charge in [0, 0.05) is 19.0 Å². The summed E-state index contributed by atoms with van der Waals surface area (Å²) in [5.41, 5.74) is 1.69. The Hall–Kier alpha value is -3.49. The molecule has 0 unspecified atom stereocenters. The summed E-state index contributed by atoms with van der Waals surface area (Å²) in [4.78, 5) is 28.3. The van der Waals surface area contributed by atoms with Crippen molar-refractivity contribution in [3.8, 4) is 0 Å². The van der Waals surface area contributed by atoms with E-state index in [0.29, 0.717) is 16.8 Å². The second kappa shape index (κ2) is 6.43. The van der Waals surface area contributed by atoms with E-state index in [1.807, 2.05) is 18.2 Å². The summed E-state index contributed by atoms with van der Waals surface area (Å²) in [6.07, 6.45) is 1.76. The van der Waals surface area contributed by atoms with Crippen LogP contribution in [0.2, 0.25) is 0 Å². The zero-order chi connectivity index (χ0) is 18.1. The molecule has 0 spiro atoms. The van der Waals surface area contributed by atoms with Gasteiger partial charge in [0.25, 0.3) is 11.9 Å². The van der Waals surface area contributed by atoms with Crippen LogP contribution in [0.1, 0.15) is 23.3 Å². The predicted octanol–water partition coefficient (Wildman–Crippen LogP) is 2.07. The average molecular weight is 352 g/mol. The lowest BCUT2D eigenvalue weighted by molar-refractivity contribution is -0.117. The van der Waals surface area contributed by atoms with Gasteiger partial charge in [0.15, 0.2) is 17.1 Å². The van der Waals surface area contributed by atoms with Gasteiger partial charge in [-0.25, -0.2) is 0 Å². The zero-order valence-electron chi connectivity index (χ0n) is 13.9. The summed E-state index contributed by atoms with van der Waals surface area (Å²) in [7, 11) is 1.50. The van der Waals surface area contributed by atoms with Crippen LogP contribution in [0.4, 0.5) is 17.5 Å². The lowest BCUT2D eigenvalue weighted by Gasteiger charge is -2.09. The molecule has 0 atom stereocenters. The number of para-hydroxylation sites is 2. The molecule has 0 saturated heterocycles. The van der Waals surface area contributed by atoms with Crippen molar-refractivity contribution in [3.05, 3.63) is 36.0 Å². The molecule has 2 heterocycles. The molecule has 132 valence electrons. The third kappa shape index (κ3) is 3.18. The van der Waals surface area contributed by atoms with Gasteiger partial charge in [0.05, 0.1) is 5.69 Å². The SMILES string of the molecule is CNC(=O)c1nnc(NC(=O)C2CC2)cc1Nc1nc2ccccc2o1. The van der Waals surface area contributed by atoms with Crippen molar-refractivity contribution >= 4 is 40.4 Å². The normalized spacial score (nSPS) is 13.4. The van der Waals surface area contributed by atoms with Gasteiger partial charge in [0.2, 0.25) is 5.91 Å². The summed E-state index contributed by atoms with van der Waals surface area (Å²) >= 11 is 0. The molecule has 3 N–H and O–H groups in total. The number of nitrogens with zero attached hydrogens (tertiary/aromatic N) is 3. The van der Waals surface area contributed by atoms with Crippen molar-refractivity contribution < 1.29 is 14.0 Å². The standard InChI is InChI=1S/C17H16N6O3/c1-18-16(25)14-11(8-13(22-23-14)21-15(24)9-6-7-9)20-17-19-10-4-2-3-5-12(10)26-17/h2-5,8-9H,6-7H2,1H3,(H,18,25)(H2,19,20,21,22,24). The number of carbonyl (C=O) groups excluding carboxylic acids is 2. The first-order valence-corrected chi connectivity index (χ1v) is 8.17. The zero-order valence-corrected chi connectivity index (χ0v) is 13.9. The van der Waals surface area contributed by atoms with Gasteiger partial charge in [-0.1, -0.05) is 12.1 Å². The highest BCUT2D eigenvalue weighted by Gasteiger charge is 2.30. The smallest absolute Gasteiger partial charge is 0.300 e. The molecule has 1 fully saturated rings. The monoisotopic (exact) mass is 352 g/mol. The molecule has 9 nitrogen and oxygen atoms in total. The molecule has 26 heavy (non-hydrogen) atoms. The van der Waals surface area contributed by atoms with Crippen molar-refractivity contribution in [3.63, 3.8) is 0 Å². The third-order valence-electron chi connectivity index (χ3n) is 3.97. The summed E-state index contributed by atoms with van der Waals surface area (Å²) in [6, 6.07) is 9.04. The molecule has 2 amide bonds. The first-order chi connectivity index (χ1) is 12.6. The summed E-state index contributed by atoms with van der Waals surface area (Å²) < 4.78 is 5.62. The Balaban J connectivity index is 1.66. The lowest BCUT2D eigenvalue weighted by Crippen LogP contribution is -2.22. The molecule has 4 rings (SSSR count). The number of hydrogen-bond donors (Lipinski definition) is 3. The van der Waals surface area contributed by atoms with Crippen LogP contribution in [0.5, 0.6) is 0 Å². The second-order valence-electron chi connectivity index (χ2n) is 5.95. The molecular formula is C17H16N6O3. The van der Waals surface area contributed by atoms with Crippen molar-refractivity contribution in [1.82, 2.24) is 20.5 Å². The minimum atomic E-state index is -0.420. The molecule has 1 aliphatic rings. The van der Waals surface area contributed by atoms with Gasteiger partial charge in [-0.2, -0.15) is 4.98 Å². The Morgan fingerprint density at radius 3 is 2.73 bits per heavy atom. The molecule has 2 aromatic heterocycles. The van der Waals surface area contributed by atoms with E-state index in [4.69, 9.17) is 4.42 Å². The molecule has 0 radical (unpaired) electrons.